The summed E-state index contributed by atoms with van der Waals surface area (Å²) in [5.74, 6) is 0. The van der Waals surface area contributed by atoms with E-state index in [1.54, 1.807) is 0 Å². The van der Waals surface area contributed by atoms with Crippen LogP contribution in [-0.2, 0) is 4.79 Å². The fraction of sp³-hybridized carbons (Fsp3) is 0.700. The van der Waals surface area contributed by atoms with Gasteiger partial charge in [0.1, 0.15) is 6.29 Å². The van der Waals surface area contributed by atoms with Gasteiger partial charge >= 0.3 is 0 Å². The molecule has 0 aromatic heterocycles. The lowest BCUT2D eigenvalue weighted by atomic mass is 9.67. The number of allylic oxidation sites excluding steroid dienone is 2. The third-order valence-corrected chi connectivity index (χ3v) is 3.19. The van der Waals surface area contributed by atoms with Crippen LogP contribution in [0.25, 0.3) is 0 Å². The second kappa shape index (κ2) is 2.47. The van der Waals surface area contributed by atoms with Crippen molar-refractivity contribution in [2.24, 2.45) is 10.8 Å². The first-order valence-electron chi connectivity index (χ1n) is 4.13. The number of hydrogen-bond acceptors (Lipinski definition) is 1. The maximum absolute atomic E-state index is 10.4. The highest BCUT2D eigenvalue weighted by molar-refractivity contribution is 5.51. The van der Waals surface area contributed by atoms with Gasteiger partial charge in [-0.3, -0.25) is 0 Å². The Bertz CT molecular complexity index is 191. The van der Waals surface area contributed by atoms with E-state index in [9.17, 15) is 4.79 Å². The normalized spacial score (nSPS) is 34.1. The van der Waals surface area contributed by atoms with Gasteiger partial charge in [0.2, 0.25) is 0 Å². The van der Waals surface area contributed by atoms with Crippen molar-refractivity contribution in [1.82, 2.24) is 0 Å². The average Bonchev–Trinajstić information content (AvgIpc) is 2.09. The van der Waals surface area contributed by atoms with E-state index >= 15 is 0 Å². The van der Waals surface area contributed by atoms with Crippen LogP contribution in [0.1, 0.15) is 33.6 Å². The molecule has 1 rings (SSSR count). The summed E-state index contributed by atoms with van der Waals surface area (Å²) in [6.45, 7) is 6.57. The van der Waals surface area contributed by atoms with Gasteiger partial charge in [-0.1, -0.05) is 32.9 Å². The molecule has 1 atom stereocenters. The highest BCUT2D eigenvalue weighted by Gasteiger charge is 2.40. The molecule has 1 aliphatic carbocycles. The Hall–Kier alpha value is -0.590. The molecule has 0 amide bonds. The van der Waals surface area contributed by atoms with Crippen molar-refractivity contribution in [2.75, 3.05) is 0 Å². The number of carbonyl (C=O) groups is 1. The Morgan fingerprint density at radius 2 is 2.09 bits per heavy atom. The fourth-order valence-corrected chi connectivity index (χ4v) is 1.61. The molecule has 0 fully saturated rings. The van der Waals surface area contributed by atoms with Crippen molar-refractivity contribution in [3.8, 4) is 0 Å². The number of rotatable bonds is 2. The van der Waals surface area contributed by atoms with Crippen molar-refractivity contribution < 1.29 is 4.79 Å². The van der Waals surface area contributed by atoms with E-state index in [0.29, 0.717) is 6.42 Å². The molecule has 62 valence electrons. The summed E-state index contributed by atoms with van der Waals surface area (Å²) in [6.07, 6.45) is 7.15. The molecule has 0 radical (unpaired) electrons. The third-order valence-electron chi connectivity index (χ3n) is 3.19. The van der Waals surface area contributed by atoms with Gasteiger partial charge in [0.05, 0.1) is 0 Å². The molecule has 0 unspecified atom stereocenters. The van der Waals surface area contributed by atoms with Gasteiger partial charge in [-0.05, 0) is 17.3 Å². The Kier molecular flexibility index (Phi) is 1.91. The quantitative estimate of drug-likeness (QED) is 0.439. The van der Waals surface area contributed by atoms with Crippen molar-refractivity contribution in [3.63, 3.8) is 0 Å². The van der Waals surface area contributed by atoms with Gasteiger partial charge in [0.15, 0.2) is 0 Å². The van der Waals surface area contributed by atoms with E-state index in [1.165, 1.54) is 0 Å². The first kappa shape index (κ1) is 8.51. The van der Waals surface area contributed by atoms with Gasteiger partial charge in [0.25, 0.3) is 0 Å². The average molecular weight is 152 g/mol. The molecular formula is C10H16O. The predicted molar refractivity (Wildman–Crippen MR) is 46.3 cm³/mol. The minimum Gasteiger partial charge on any atom is -0.303 e. The summed E-state index contributed by atoms with van der Waals surface area (Å²) in [5, 5.41) is 0. The summed E-state index contributed by atoms with van der Waals surface area (Å²) in [7, 11) is 0. The molecule has 0 aliphatic heterocycles. The Morgan fingerprint density at radius 1 is 1.45 bits per heavy atom. The van der Waals surface area contributed by atoms with Crippen LogP contribution in [-0.4, -0.2) is 6.29 Å². The largest absolute Gasteiger partial charge is 0.303 e. The number of hydrogen-bond donors (Lipinski definition) is 0. The minimum absolute atomic E-state index is 0.161. The van der Waals surface area contributed by atoms with Crippen molar-refractivity contribution in [3.05, 3.63) is 12.2 Å². The highest BCUT2D eigenvalue weighted by atomic mass is 16.1. The molecule has 0 bridgehead atoms. The Morgan fingerprint density at radius 3 is 2.45 bits per heavy atom. The first-order chi connectivity index (χ1) is 5.02. The summed E-state index contributed by atoms with van der Waals surface area (Å²) in [6, 6.07) is 0. The lowest BCUT2D eigenvalue weighted by molar-refractivity contribution is -0.110. The fourth-order valence-electron chi connectivity index (χ4n) is 1.61. The monoisotopic (exact) mass is 152 g/mol. The molecular weight excluding hydrogens is 136 g/mol. The summed E-state index contributed by atoms with van der Waals surface area (Å²) < 4.78 is 0. The van der Waals surface area contributed by atoms with Crippen LogP contribution in [0.2, 0.25) is 0 Å². The lowest BCUT2D eigenvalue weighted by Crippen LogP contribution is -2.30. The van der Waals surface area contributed by atoms with E-state index in [1.807, 2.05) is 0 Å². The maximum atomic E-state index is 10.4. The van der Waals surface area contributed by atoms with E-state index < -0.39 is 0 Å². The summed E-state index contributed by atoms with van der Waals surface area (Å²) >= 11 is 0. The molecule has 0 aromatic carbocycles. The number of carbonyl (C=O) groups excluding carboxylic acids is 1. The second-order valence-electron chi connectivity index (χ2n) is 4.26. The molecule has 1 aliphatic rings. The van der Waals surface area contributed by atoms with E-state index in [0.717, 1.165) is 12.7 Å². The zero-order chi connectivity index (χ0) is 8.54. The zero-order valence-corrected chi connectivity index (χ0v) is 7.55. The highest BCUT2D eigenvalue weighted by Crippen LogP contribution is 2.49. The van der Waals surface area contributed by atoms with Crippen LogP contribution >= 0.6 is 0 Å². The standard InChI is InChI=1S/C10H16O/c1-9(2)5-4-6-10(9,3)7-8-11/h4-5,8H,6-7H2,1-3H3/t10-/m1/s1. The number of aldehydes is 1. The van der Waals surface area contributed by atoms with E-state index in [2.05, 4.69) is 32.9 Å². The molecule has 11 heavy (non-hydrogen) atoms. The summed E-state index contributed by atoms with van der Waals surface area (Å²) in [5.41, 5.74) is 0.350. The smallest absolute Gasteiger partial charge is 0.120 e. The van der Waals surface area contributed by atoms with Gasteiger partial charge in [-0.2, -0.15) is 0 Å². The Balaban J connectivity index is 2.80. The first-order valence-corrected chi connectivity index (χ1v) is 4.13. The van der Waals surface area contributed by atoms with Crippen molar-refractivity contribution in [2.45, 2.75) is 33.6 Å². The molecule has 0 N–H and O–H groups in total. The van der Waals surface area contributed by atoms with Crippen LogP contribution in [0.4, 0.5) is 0 Å². The molecule has 0 heterocycles. The molecule has 0 spiro atoms. The lowest BCUT2D eigenvalue weighted by Gasteiger charge is -2.36. The predicted octanol–water partition coefficient (Wildman–Crippen LogP) is 2.57. The van der Waals surface area contributed by atoms with Crippen molar-refractivity contribution in [1.29, 1.82) is 0 Å². The van der Waals surface area contributed by atoms with Gasteiger partial charge < -0.3 is 4.79 Å². The second-order valence-corrected chi connectivity index (χ2v) is 4.26. The van der Waals surface area contributed by atoms with Crippen molar-refractivity contribution >= 4 is 6.29 Å². The van der Waals surface area contributed by atoms with Crippen LogP contribution in [0.5, 0.6) is 0 Å². The van der Waals surface area contributed by atoms with Crippen LogP contribution in [0.3, 0.4) is 0 Å². The molecule has 0 saturated carbocycles. The van der Waals surface area contributed by atoms with E-state index in [4.69, 9.17) is 0 Å². The van der Waals surface area contributed by atoms with Gasteiger partial charge in [-0.25, -0.2) is 0 Å². The molecule has 1 heteroatoms. The summed E-state index contributed by atoms with van der Waals surface area (Å²) in [4.78, 5) is 10.4. The topological polar surface area (TPSA) is 17.1 Å². The van der Waals surface area contributed by atoms with Crippen LogP contribution in [0.15, 0.2) is 12.2 Å². The molecule has 0 saturated heterocycles. The maximum Gasteiger partial charge on any atom is 0.120 e. The SMILES string of the molecule is CC1(C)C=CC[C@]1(C)CC=O. The zero-order valence-electron chi connectivity index (χ0n) is 7.55. The molecule has 1 nitrogen and oxygen atoms in total. The van der Waals surface area contributed by atoms with Gasteiger partial charge in [0, 0.05) is 6.42 Å². The third kappa shape index (κ3) is 1.24. The van der Waals surface area contributed by atoms with Gasteiger partial charge in [-0.15, -0.1) is 0 Å². The minimum atomic E-state index is 0.161. The van der Waals surface area contributed by atoms with E-state index in [-0.39, 0.29) is 10.8 Å². The molecule has 0 aromatic rings. The van der Waals surface area contributed by atoms with Crippen LogP contribution in [0, 0.1) is 10.8 Å². The Labute approximate surface area is 68.5 Å². The van der Waals surface area contributed by atoms with Crippen LogP contribution < -0.4 is 0 Å².